The number of aromatic amines is 1. The van der Waals surface area contributed by atoms with Crippen LogP contribution >= 0.6 is 11.6 Å². The Morgan fingerprint density at radius 1 is 1.42 bits per heavy atom. The summed E-state index contributed by atoms with van der Waals surface area (Å²) < 4.78 is 2.38. The average molecular weight is 344 g/mol. The van der Waals surface area contributed by atoms with E-state index in [1.54, 1.807) is 0 Å². The lowest BCUT2D eigenvalue weighted by molar-refractivity contribution is 0.708. The fraction of sp³-hybridized carbons (Fsp3) is 0.353. The number of rotatable bonds is 5. The number of anilines is 1. The number of fused-ring (bicyclic) bond motifs is 1. The van der Waals surface area contributed by atoms with Crippen LogP contribution in [-0.2, 0) is 13.0 Å². The van der Waals surface area contributed by atoms with Gasteiger partial charge in [-0.2, -0.15) is 5.10 Å². The Balaban J connectivity index is 1.61. The highest BCUT2D eigenvalue weighted by Crippen LogP contribution is 2.38. The zero-order valence-electron chi connectivity index (χ0n) is 13.3. The predicted octanol–water partition coefficient (Wildman–Crippen LogP) is 3.28. The molecule has 6 nitrogen and oxygen atoms in total. The molecule has 0 amide bonds. The number of imidazole rings is 1. The predicted molar refractivity (Wildman–Crippen MR) is 94.6 cm³/mol. The first-order valence-electron chi connectivity index (χ1n) is 8.14. The van der Waals surface area contributed by atoms with E-state index < -0.39 is 5.56 Å². The lowest BCUT2D eigenvalue weighted by Gasteiger charge is -2.08. The highest BCUT2D eigenvalue weighted by Gasteiger charge is 2.27. The van der Waals surface area contributed by atoms with Crippen molar-refractivity contribution >= 4 is 28.3 Å². The van der Waals surface area contributed by atoms with Gasteiger partial charge in [0.05, 0.1) is 22.9 Å². The van der Waals surface area contributed by atoms with Crippen LogP contribution in [0.2, 0.25) is 5.02 Å². The zero-order chi connectivity index (χ0) is 16.7. The minimum atomic E-state index is -0.395. The van der Waals surface area contributed by atoms with Crippen LogP contribution in [0.5, 0.6) is 0 Å². The Morgan fingerprint density at radius 2 is 2.25 bits per heavy atom. The zero-order valence-corrected chi connectivity index (χ0v) is 14.1. The van der Waals surface area contributed by atoms with Crippen LogP contribution in [0.25, 0.3) is 11.0 Å². The molecule has 2 N–H and O–H groups in total. The molecule has 1 aliphatic carbocycles. The van der Waals surface area contributed by atoms with Crippen LogP contribution in [0.4, 0.5) is 5.69 Å². The Morgan fingerprint density at radius 3 is 3.00 bits per heavy atom. The van der Waals surface area contributed by atoms with E-state index in [0.717, 1.165) is 23.3 Å². The smallest absolute Gasteiger partial charge is 0.285 e. The quantitative estimate of drug-likeness (QED) is 0.745. The van der Waals surface area contributed by atoms with E-state index in [9.17, 15) is 4.79 Å². The normalized spacial score (nSPS) is 14.2. The van der Waals surface area contributed by atoms with Crippen LogP contribution in [0.1, 0.15) is 37.2 Å². The van der Waals surface area contributed by atoms with Crippen LogP contribution in [-0.4, -0.2) is 19.7 Å². The van der Waals surface area contributed by atoms with Crippen molar-refractivity contribution in [1.29, 1.82) is 0 Å². The summed E-state index contributed by atoms with van der Waals surface area (Å²) in [5.74, 6) is 1.15. The molecule has 1 fully saturated rings. The molecule has 3 aromatic rings. The van der Waals surface area contributed by atoms with Crippen molar-refractivity contribution in [2.75, 3.05) is 5.32 Å². The van der Waals surface area contributed by atoms with Crippen molar-refractivity contribution in [3.05, 3.63) is 51.2 Å². The van der Waals surface area contributed by atoms with Gasteiger partial charge in [0.2, 0.25) is 0 Å². The fourth-order valence-electron chi connectivity index (χ4n) is 3.00. The monoisotopic (exact) mass is 343 g/mol. The van der Waals surface area contributed by atoms with Crippen molar-refractivity contribution in [3.63, 3.8) is 0 Å². The number of halogens is 1. The first-order valence-corrected chi connectivity index (χ1v) is 8.52. The van der Waals surface area contributed by atoms with Gasteiger partial charge in [-0.15, -0.1) is 0 Å². The number of benzene rings is 1. The van der Waals surface area contributed by atoms with Crippen molar-refractivity contribution < 1.29 is 0 Å². The fourth-order valence-corrected chi connectivity index (χ4v) is 3.16. The Hall–Kier alpha value is -2.34. The Kier molecular flexibility index (Phi) is 3.76. The molecular weight excluding hydrogens is 326 g/mol. The maximum atomic E-state index is 11.5. The van der Waals surface area contributed by atoms with Gasteiger partial charge in [-0.25, -0.2) is 10.1 Å². The van der Waals surface area contributed by atoms with Gasteiger partial charge in [0.1, 0.15) is 10.8 Å². The van der Waals surface area contributed by atoms with E-state index in [1.165, 1.54) is 24.6 Å². The van der Waals surface area contributed by atoms with Crippen molar-refractivity contribution in [1.82, 2.24) is 19.7 Å². The average Bonchev–Trinajstić information content (AvgIpc) is 3.36. The standard InChI is InChI=1S/C17H18ClN5O/c1-2-15-21-12-7-10(3-6-14(12)23(15)11-4-5-11)8-19-13-9-20-22-17(24)16(13)18/h3,6-7,9,11H,2,4-5,8H2,1H3,(H2,19,22,24). The number of nitrogens with one attached hydrogen (secondary N) is 2. The van der Waals surface area contributed by atoms with Gasteiger partial charge in [0.25, 0.3) is 5.56 Å². The number of hydrogen-bond acceptors (Lipinski definition) is 4. The molecule has 4 rings (SSSR count). The summed E-state index contributed by atoms with van der Waals surface area (Å²) in [4.78, 5) is 16.2. The summed E-state index contributed by atoms with van der Waals surface area (Å²) in [5, 5.41) is 9.34. The van der Waals surface area contributed by atoms with Gasteiger partial charge in [-0.05, 0) is 30.5 Å². The molecule has 0 unspecified atom stereocenters. The molecule has 2 aromatic heterocycles. The molecule has 1 aromatic carbocycles. The first kappa shape index (κ1) is 15.2. The summed E-state index contributed by atoms with van der Waals surface area (Å²) in [5.41, 5.74) is 3.44. The lowest BCUT2D eigenvalue weighted by Crippen LogP contribution is -2.11. The minimum absolute atomic E-state index is 0.123. The van der Waals surface area contributed by atoms with Crippen LogP contribution < -0.4 is 10.9 Å². The molecule has 0 bridgehead atoms. The molecule has 124 valence electrons. The molecule has 1 aliphatic rings. The number of hydrogen-bond donors (Lipinski definition) is 2. The molecule has 7 heteroatoms. The second kappa shape index (κ2) is 5.94. The topological polar surface area (TPSA) is 75.6 Å². The maximum absolute atomic E-state index is 11.5. The van der Waals surface area contributed by atoms with Crippen LogP contribution in [0.15, 0.2) is 29.2 Å². The Bertz CT molecular complexity index is 957. The van der Waals surface area contributed by atoms with Crippen LogP contribution in [0.3, 0.4) is 0 Å². The van der Waals surface area contributed by atoms with E-state index in [4.69, 9.17) is 16.6 Å². The maximum Gasteiger partial charge on any atom is 0.285 e. The van der Waals surface area contributed by atoms with Gasteiger partial charge >= 0.3 is 0 Å². The number of H-pyrrole nitrogens is 1. The van der Waals surface area contributed by atoms with Crippen molar-refractivity contribution in [3.8, 4) is 0 Å². The SMILES string of the molecule is CCc1nc2cc(CNc3cn[nH]c(=O)c3Cl)ccc2n1C1CC1. The number of aromatic nitrogens is 4. The largest absolute Gasteiger partial charge is 0.378 e. The van der Waals surface area contributed by atoms with Gasteiger partial charge < -0.3 is 9.88 Å². The van der Waals surface area contributed by atoms with E-state index >= 15 is 0 Å². The molecule has 0 radical (unpaired) electrons. The lowest BCUT2D eigenvalue weighted by atomic mass is 10.2. The molecule has 0 atom stereocenters. The van der Waals surface area contributed by atoms with E-state index in [2.05, 4.69) is 45.2 Å². The second-order valence-corrected chi connectivity index (χ2v) is 6.46. The number of nitrogens with zero attached hydrogens (tertiary/aromatic N) is 3. The van der Waals surface area contributed by atoms with Crippen molar-refractivity contribution in [2.24, 2.45) is 0 Å². The summed E-state index contributed by atoms with van der Waals surface area (Å²) in [6, 6.07) is 6.93. The van der Waals surface area contributed by atoms with E-state index in [-0.39, 0.29) is 5.02 Å². The van der Waals surface area contributed by atoms with Crippen molar-refractivity contribution in [2.45, 2.75) is 38.8 Å². The molecule has 0 aliphatic heterocycles. The Labute approximate surface area is 143 Å². The minimum Gasteiger partial charge on any atom is -0.378 e. The molecular formula is C17H18ClN5O. The van der Waals surface area contributed by atoms with E-state index in [1.807, 2.05) is 0 Å². The van der Waals surface area contributed by atoms with Gasteiger partial charge in [-0.3, -0.25) is 4.79 Å². The first-order chi connectivity index (χ1) is 11.7. The molecule has 24 heavy (non-hydrogen) atoms. The third-order valence-electron chi connectivity index (χ3n) is 4.33. The second-order valence-electron chi connectivity index (χ2n) is 6.09. The highest BCUT2D eigenvalue weighted by atomic mass is 35.5. The summed E-state index contributed by atoms with van der Waals surface area (Å²) in [6.07, 6.45) is 4.94. The molecule has 0 saturated heterocycles. The highest BCUT2D eigenvalue weighted by molar-refractivity contribution is 6.32. The molecule has 2 heterocycles. The van der Waals surface area contributed by atoms with Crippen LogP contribution in [0, 0.1) is 0 Å². The summed E-state index contributed by atoms with van der Waals surface area (Å²) >= 11 is 5.98. The van der Waals surface area contributed by atoms with E-state index in [0.29, 0.717) is 18.3 Å². The third kappa shape index (κ3) is 2.67. The summed E-state index contributed by atoms with van der Waals surface area (Å²) in [7, 11) is 0. The molecule has 0 spiro atoms. The van der Waals surface area contributed by atoms with Gasteiger partial charge in [-0.1, -0.05) is 24.6 Å². The molecule has 1 saturated carbocycles. The number of aryl methyl sites for hydroxylation is 1. The third-order valence-corrected chi connectivity index (χ3v) is 4.71. The van der Waals surface area contributed by atoms with Gasteiger partial charge in [0, 0.05) is 19.0 Å². The summed E-state index contributed by atoms with van der Waals surface area (Å²) in [6.45, 7) is 2.70. The van der Waals surface area contributed by atoms with Gasteiger partial charge in [0.15, 0.2) is 0 Å².